The zero-order valence-electron chi connectivity index (χ0n) is 12.2. The molecule has 0 aromatic carbocycles. The van der Waals surface area contributed by atoms with Gasteiger partial charge in [0, 0.05) is 13.6 Å². The number of hydrogen-bond donors (Lipinski definition) is 2. The van der Waals surface area contributed by atoms with Crippen LogP contribution in [0.15, 0.2) is 18.3 Å². The Morgan fingerprint density at radius 2 is 2.14 bits per heavy atom. The minimum absolute atomic E-state index is 0.245. The number of aromatic nitrogens is 5. The molecule has 0 bridgehead atoms. The van der Waals surface area contributed by atoms with Crippen LogP contribution < -0.4 is 10.6 Å². The summed E-state index contributed by atoms with van der Waals surface area (Å²) in [6.45, 7) is 0.683. The SMILES string of the molecule is CNC(=O)c1cn(CCCCc2ccc(NC=O)nn2)nn1. The van der Waals surface area contributed by atoms with Gasteiger partial charge in [-0.15, -0.1) is 10.2 Å². The lowest BCUT2D eigenvalue weighted by Gasteiger charge is -2.02. The molecule has 2 aromatic heterocycles. The maximum absolute atomic E-state index is 11.3. The minimum atomic E-state index is -0.245. The topological polar surface area (TPSA) is 115 Å². The number of carbonyl (C=O) groups excluding carboxylic acids is 2. The Kier molecular flexibility index (Phi) is 5.52. The third-order valence-electron chi connectivity index (χ3n) is 3.00. The van der Waals surface area contributed by atoms with Crippen LogP contribution >= 0.6 is 0 Å². The zero-order valence-corrected chi connectivity index (χ0v) is 12.2. The lowest BCUT2D eigenvalue weighted by atomic mass is 10.2. The fourth-order valence-corrected chi connectivity index (χ4v) is 1.85. The van der Waals surface area contributed by atoms with Gasteiger partial charge < -0.3 is 10.6 Å². The first-order valence-corrected chi connectivity index (χ1v) is 6.88. The first-order chi connectivity index (χ1) is 10.7. The number of amides is 2. The van der Waals surface area contributed by atoms with E-state index < -0.39 is 0 Å². The van der Waals surface area contributed by atoms with Crippen LogP contribution in [0.25, 0.3) is 0 Å². The van der Waals surface area contributed by atoms with Crippen LogP contribution in [0.5, 0.6) is 0 Å². The van der Waals surface area contributed by atoms with E-state index >= 15 is 0 Å². The highest BCUT2D eigenvalue weighted by atomic mass is 16.2. The number of aryl methyl sites for hydroxylation is 2. The van der Waals surface area contributed by atoms with Crippen molar-refractivity contribution in [3.05, 3.63) is 29.7 Å². The van der Waals surface area contributed by atoms with Crippen molar-refractivity contribution in [3.8, 4) is 0 Å². The van der Waals surface area contributed by atoms with Gasteiger partial charge in [-0.3, -0.25) is 14.3 Å². The molecule has 2 rings (SSSR count). The lowest BCUT2D eigenvalue weighted by Crippen LogP contribution is -2.18. The highest BCUT2D eigenvalue weighted by molar-refractivity contribution is 5.91. The number of anilines is 1. The first kappa shape index (κ1) is 15.5. The molecule has 2 aromatic rings. The van der Waals surface area contributed by atoms with E-state index in [1.807, 2.05) is 6.07 Å². The molecule has 0 saturated heterocycles. The van der Waals surface area contributed by atoms with Crippen molar-refractivity contribution in [2.75, 3.05) is 12.4 Å². The summed E-state index contributed by atoms with van der Waals surface area (Å²) < 4.78 is 1.65. The largest absolute Gasteiger partial charge is 0.354 e. The van der Waals surface area contributed by atoms with Crippen molar-refractivity contribution in [1.82, 2.24) is 30.5 Å². The number of rotatable bonds is 8. The summed E-state index contributed by atoms with van der Waals surface area (Å²) in [6.07, 6.45) is 4.76. The maximum Gasteiger partial charge on any atom is 0.273 e. The summed E-state index contributed by atoms with van der Waals surface area (Å²) in [6, 6.07) is 3.54. The normalized spacial score (nSPS) is 10.2. The van der Waals surface area contributed by atoms with Gasteiger partial charge in [-0.25, -0.2) is 0 Å². The Labute approximate surface area is 127 Å². The number of unbranched alkanes of at least 4 members (excludes halogenated alkanes) is 1. The van der Waals surface area contributed by atoms with Crippen LogP contribution in [-0.4, -0.2) is 44.6 Å². The van der Waals surface area contributed by atoms with Crippen molar-refractivity contribution in [2.45, 2.75) is 25.8 Å². The number of carbonyl (C=O) groups is 2. The smallest absolute Gasteiger partial charge is 0.273 e. The Hall–Kier alpha value is -2.84. The predicted octanol–water partition coefficient (Wildman–Crippen LogP) is 0.0189. The summed E-state index contributed by atoms with van der Waals surface area (Å²) in [5, 5.41) is 20.5. The molecule has 0 fully saturated rings. The maximum atomic E-state index is 11.3. The van der Waals surface area contributed by atoms with E-state index in [9.17, 15) is 9.59 Å². The summed E-state index contributed by atoms with van der Waals surface area (Å²) in [5.74, 6) is 0.189. The molecule has 0 saturated carbocycles. The Balaban J connectivity index is 1.73. The monoisotopic (exact) mass is 303 g/mol. The summed E-state index contributed by atoms with van der Waals surface area (Å²) in [7, 11) is 1.55. The molecule has 2 N–H and O–H groups in total. The second kappa shape index (κ2) is 7.81. The summed E-state index contributed by atoms with van der Waals surface area (Å²) in [5.41, 5.74) is 1.17. The second-order valence-electron chi connectivity index (χ2n) is 4.58. The molecular weight excluding hydrogens is 286 g/mol. The molecule has 0 aliphatic carbocycles. The van der Waals surface area contributed by atoms with Gasteiger partial charge in [0.15, 0.2) is 11.5 Å². The lowest BCUT2D eigenvalue weighted by molar-refractivity contribution is -0.105. The van der Waals surface area contributed by atoms with E-state index in [0.29, 0.717) is 24.5 Å². The van der Waals surface area contributed by atoms with Crippen molar-refractivity contribution >= 4 is 18.1 Å². The van der Waals surface area contributed by atoms with Crippen LogP contribution in [0.3, 0.4) is 0 Å². The Morgan fingerprint density at radius 1 is 1.27 bits per heavy atom. The van der Waals surface area contributed by atoms with E-state index in [1.54, 1.807) is 24.0 Å². The van der Waals surface area contributed by atoms with Crippen molar-refractivity contribution in [3.63, 3.8) is 0 Å². The molecule has 0 aliphatic rings. The molecule has 0 aliphatic heterocycles. The fourth-order valence-electron chi connectivity index (χ4n) is 1.85. The number of nitrogens with one attached hydrogen (secondary N) is 2. The predicted molar refractivity (Wildman–Crippen MR) is 78.1 cm³/mol. The average molecular weight is 303 g/mol. The van der Waals surface area contributed by atoms with E-state index in [2.05, 4.69) is 31.1 Å². The summed E-state index contributed by atoms with van der Waals surface area (Å²) in [4.78, 5) is 21.6. The number of hydrogen-bond acceptors (Lipinski definition) is 6. The molecule has 0 radical (unpaired) electrons. The van der Waals surface area contributed by atoms with Crippen LogP contribution in [0.2, 0.25) is 0 Å². The molecule has 0 spiro atoms. The van der Waals surface area contributed by atoms with Gasteiger partial charge in [0.2, 0.25) is 6.41 Å². The van der Waals surface area contributed by atoms with Crippen molar-refractivity contribution in [2.24, 2.45) is 0 Å². The molecule has 0 atom stereocenters. The van der Waals surface area contributed by atoms with E-state index in [1.165, 1.54) is 0 Å². The molecule has 2 heterocycles. The van der Waals surface area contributed by atoms with Gasteiger partial charge in [-0.2, -0.15) is 5.10 Å². The molecule has 116 valence electrons. The van der Waals surface area contributed by atoms with E-state index in [-0.39, 0.29) is 5.91 Å². The quantitative estimate of drug-likeness (QED) is 0.525. The van der Waals surface area contributed by atoms with E-state index in [4.69, 9.17) is 0 Å². The minimum Gasteiger partial charge on any atom is -0.354 e. The van der Waals surface area contributed by atoms with Gasteiger partial charge >= 0.3 is 0 Å². The van der Waals surface area contributed by atoms with Crippen LogP contribution in [0.1, 0.15) is 29.0 Å². The van der Waals surface area contributed by atoms with Gasteiger partial charge in [-0.05, 0) is 31.4 Å². The Bertz CT molecular complexity index is 624. The fraction of sp³-hybridized carbons (Fsp3) is 0.385. The average Bonchev–Trinajstić information content (AvgIpc) is 3.01. The Morgan fingerprint density at radius 3 is 2.82 bits per heavy atom. The van der Waals surface area contributed by atoms with Gasteiger partial charge in [0.05, 0.1) is 11.9 Å². The van der Waals surface area contributed by atoms with Crippen LogP contribution in [0.4, 0.5) is 5.82 Å². The molecule has 0 unspecified atom stereocenters. The van der Waals surface area contributed by atoms with E-state index in [0.717, 1.165) is 25.0 Å². The highest BCUT2D eigenvalue weighted by Crippen LogP contribution is 2.05. The first-order valence-electron chi connectivity index (χ1n) is 6.88. The second-order valence-corrected chi connectivity index (χ2v) is 4.58. The van der Waals surface area contributed by atoms with Crippen molar-refractivity contribution in [1.29, 1.82) is 0 Å². The van der Waals surface area contributed by atoms with Gasteiger partial charge in [-0.1, -0.05) is 5.21 Å². The van der Waals surface area contributed by atoms with Gasteiger partial charge in [0.1, 0.15) is 0 Å². The van der Waals surface area contributed by atoms with Crippen LogP contribution in [-0.2, 0) is 17.8 Å². The summed E-state index contributed by atoms with van der Waals surface area (Å²) >= 11 is 0. The standard InChI is InChI=1S/C13H17N7O2/c1-14-13(22)11-8-20(19-17-11)7-3-2-4-10-5-6-12(15-9-21)18-16-10/h5-6,8-9H,2-4,7H2,1H3,(H,14,22)(H,15,18,21). The molecule has 2 amide bonds. The van der Waals surface area contributed by atoms with Crippen LogP contribution in [0, 0.1) is 0 Å². The third-order valence-corrected chi connectivity index (χ3v) is 3.00. The zero-order chi connectivity index (χ0) is 15.8. The molecule has 9 nitrogen and oxygen atoms in total. The number of nitrogens with zero attached hydrogens (tertiary/aromatic N) is 5. The molecule has 9 heteroatoms. The van der Waals surface area contributed by atoms with Crippen molar-refractivity contribution < 1.29 is 9.59 Å². The van der Waals surface area contributed by atoms with Gasteiger partial charge in [0.25, 0.3) is 5.91 Å². The highest BCUT2D eigenvalue weighted by Gasteiger charge is 2.08. The third kappa shape index (κ3) is 4.33. The molecule has 22 heavy (non-hydrogen) atoms. The molecular formula is C13H17N7O2.